The molecule has 1 heterocycles. The lowest BCUT2D eigenvalue weighted by Crippen LogP contribution is -2.55. The van der Waals surface area contributed by atoms with Gasteiger partial charge in [0.1, 0.15) is 0 Å². The molecule has 3 aliphatic rings. The van der Waals surface area contributed by atoms with Gasteiger partial charge >= 0.3 is 0 Å². The first-order chi connectivity index (χ1) is 8.99. The SMILES string of the molecule is CC1CC(C)(C)CC12CNCC(CC1CCCC1)O2. The largest absolute Gasteiger partial charge is 0.369 e. The van der Waals surface area contributed by atoms with E-state index in [1.807, 2.05) is 0 Å². The van der Waals surface area contributed by atoms with Crippen LogP contribution in [0.2, 0.25) is 0 Å². The van der Waals surface area contributed by atoms with Crippen LogP contribution in [0.4, 0.5) is 0 Å². The third-order valence-electron chi connectivity index (χ3n) is 5.80. The Bertz CT molecular complexity index is 321. The van der Waals surface area contributed by atoms with Crippen LogP contribution in [0.15, 0.2) is 0 Å². The van der Waals surface area contributed by atoms with E-state index in [1.54, 1.807) is 0 Å². The van der Waals surface area contributed by atoms with Gasteiger partial charge in [-0.1, -0.05) is 46.5 Å². The van der Waals surface area contributed by atoms with Gasteiger partial charge in [0, 0.05) is 13.1 Å². The van der Waals surface area contributed by atoms with Gasteiger partial charge in [0.2, 0.25) is 0 Å². The normalized spacial score (nSPS) is 43.1. The predicted molar refractivity (Wildman–Crippen MR) is 79.2 cm³/mol. The molecule has 3 rings (SSSR count). The highest BCUT2D eigenvalue weighted by Crippen LogP contribution is 2.50. The van der Waals surface area contributed by atoms with Gasteiger partial charge in [0.15, 0.2) is 0 Å². The highest BCUT2D eigenvalue weighted by Gasteiger charge is 2.51. The van der Waals surface area contributed by atoms with Gasteiger partial charge in [-0.3, -0.25) is 0 Å². The number of rotatable bonds is 2. The van der Waals surface area contributed by atoms with Crippen molar-refractivity contribution in [3.63, 3.8) is 0 Å². The summed E-state index contributed by atoms with van der Waals surface area (Å²) in [6.07, 6.45) is 10.1. The van der Waals surface area contributed by atoms with Gasteiger partial charge in [0.05, 0.1) is 11.7 Å². The molecular formula is C17H31NO. The molecule has 3 atom stereocenters. The Morgan fingerprint density at radius 3 is 2.58 bits per heavy atom. The van der Waals surface area contributed by atoms with Crippen LogP contribution in [-0.4, -0.2) is 24.8 Å². The van der Waals surface area contributed by atoms with E-state index in [2.05, 4.69) is 26.1 Å². The van der Waals surface area contributed by atoms with Crippen molar-refractivity contribution in [2.45, 2.75) is 77.4 Å². The second-order valence-corrected chi connectivity index (χ2v) is 8.27. The van der Waals surface area contributed by atoms with Crippen LogP contribution in [0.25, 0.3) is 0 Å². The van der Waals surface area contributed by atoms with E-state index in [4.69, 9.17) is 4.74 Å². The van der Waals surface area contributed by atoms with Crippen LogP contribution in [0, 0.1) is 17.3 Å². The molecule has 2 aliphatic carbocycles. The molecule has 0 amide bonds. The zero-order chi connectivity index (χ0) is 13.5. The summed E-state index contributed by atoms with van der Waals surface area (Å²) in [6, 6.07) is 0. The zero-order valence-electron chi connectivity index (χ0n) is 13.0. The van der Waals surface area contributed by atoms with Crippen molar-refractivity contribution in [1.82, 2.24) is 5.32 Å². The second-order valence-electron chi connectivity index (χ2n) is 8.27. The fraction of sp³-hybridized carbons (Fsp3) is 1.00. The number of nitrogens with one attached hydrogen (secondary N) is 1. The monoisotopic (exact) mass is 265 g/mol. The van der Waals surface area contributed by atoms with Crippen LogP contribution >= 0.6 is 0 Å². The van der Waals surface area contributed by atoms with E-state index in [1.165, 1.54) is 44.9 Å². The van der Waals surface area contributed by atoms with E-state index < -0.39 is 0 Å². The first-order valence-corrected chi connectivity index (χ1v) is 8.38. The minimum absolute atomic E-state index is 0.130. The first kappa shape index (κ1) is 13.9. The zero-order valence-corrected chi connectivity index (χ0v) is 13.0. The number of hydrogen-bond acceptors (Lipinski definition) is 2. The number of ether oxygens (including phenoxy) is 1. The molecule has 110 valence electrons. The number of morpholine rings is 1. The van der Waals surface area contributed by atoms with E-state index in [0.29, 0.717) is 17.4 Å². The molecule has 3 unspecified atom stereocenters. The summed E-state index contributed by atoms with van der Waals surface area (Å²) in [5.74, 6) is 1.63. The summed E-state index contributed by atoms with van der Waals surface area (Å²) in [7, 11) is 0. The highest BCUT2D eigenvalue weighted by atomic mass is 16.5. The molecule has 3 fully saturated rings. The van der Waals surface area contributed by atoms with Crippen molar-refractivity contribution in [3.8, 4) is 0 Å². The fourth-order valence-corrected chi connectivity index (χ4v) is 5.08. The molecule has 19 heavy (non-hydrogen) atoms. The van der Waals surface area contributed by atoms with E-state index >= 15 is 0 Å². The summed E-state index contributed by atoms with van der Waals surface area (Å²) in [4.78, 5) is 0. The van der Waals surface area contributed by atoms with Crippen molar-refractivity contribution < 1.29 is 4.74 Å². The first-order valence-electron chi connectivity index (χ1n) is 8.38. The highest BCUT2D eigenvalue weighted by molar-refractivity contribution is 5.03. The molecule has 0 aromatic carbocycles. The molecular weight excluding hydrogens is 234 g/mol. The van der Waals surface area contributed by atoms with Crippen molar-refractivity contribution in [2.24, 2.45) is 17.3 Å². The summed E-state index contributed by atoms with van der Waals surface area (Å²) in [6.45, 7) is 9.35. The van der Waals surface area contributed by atoms with Gasteiger partial charge in [-0.2, -0.15) is 0 Å². The van der Waals surface area contributed by atoms with Gasteiger partial charge < -0.3 is 10.1 Å². The summed E-state index contributed by atoms with van der Waals surface area (Å²) < 4.78 is 6.68. The molecule has 1 aliphatic heterocycles. The van der Waals surface area contributed by atoms with Gasteiger partial charge in [-0.05, 0) is 36.5 Å². The smallest absolute Gasteiger partial charge is 0.0841 e. The Kier molecular flexibility index (Phi) is 3.68. The average molecular weight is 265 g/mol. The van der Waals surface area contributed by atoms with Crippen LogP contribution < -0.4 is 5.32 Å². The average Bonchev–Trinajstić information content (AvgIpc) is 2.87. The predicted octanol–water partition coefficient (Wildman–Crippen LogP) is 3.75. The lowest BCUT2D eigenvalue weighted by Gasteiger charge is -2.43. The van der Waals surface area contributed by atoms with Crippen molar-refractivity contribution in [1.29, 1.82) is 0 Å². The van der Waals surface area contributed by atoms with Crippen molar-refractivity contribution in [2.75, 3.05) is 13.1 Å². The van der Waals surface area contributed by atoms with Gasteiger partial charge in [-0.25, -0.2) is 0 Å². The Labute approximate surface area is 118 Å². The molecule has 2 nitrogen and oxygen atoms in total. The molecule has 1 spiro atoms. The molecule has 1 saturated heterocycles. The summed E-state index contributed by atoms with van der Waals surface area (Å²) in [5, 5.41) is 3.68. The maximum Gasteiger partial charge on any atom is 0.0841 e. The number of hydrogen-bond donors (Lipinski definition) is 1. The molecule has 0 radical (unpaired) electrons. The third-order valence-corrected chi connectivity index (χ3v) is 5.80. The van der Waals surface area contributed by atoms with Crippen LogP contribution in [0.3, 0.4) is 0 Å². The van der Waals surface area contributed by atoms with Gasteiger partial charge in [-0.15, -0.1) is 0 Å². The third kappa shape index (κ3) is 2.85. The molecule has 0 aromatic heterocycles. The Hall–Kier alpha value is -0.0800. The summed E-state index contributed by atoms with van der Waals surface area (Å²) >= 11 is 0. The maximum atomic E-state index is 6.68. The van der Waals surface area contributed by atoms with Crippen molar-refractivity contribution >= 4 is 0 Å². The van der Waals surface area contributed by atoms with Crippen LogP contribution in [-0.2, 0) is 4.74 Å². The molecule has 0 bridgehead atoms. The summed E-state index contributed by atoms with van der Waals surface area (Å²) in [5.41, 5.74) is 0.585. The van der Waals surface area contributed by atoms with Crippen LogP contribution in [0.5, 0.6) is 0 Å². The lowest BCUT2D eigenvalue weighted by atomic mass is 9.87. The Morgan fingerprint density at radius 2 is 1.95 bits per heavy atom. The lowest BCUT2D eigenvalue weighted by molar-refractivity contribution is -0.141. The van der Waals surface area contributed by atoms with E-state index in [0.717, 1.165) is 19.0 Å². The molecule has 1 N–H and O–H groups in total. The second kappa shape index (κ2) is 5.04. The topological polar surface area (TPSA) is 21.3 Å². The molecule has 2 saturated carbocycles. The Balaban J connectivity index is 1.64. The van der Waals surface area contributed by atoms with E-state index in [9.17, 15) is 0 Å². The van der Waals surface area contributed by atoms with Gasteiger partial charge in [0.25, 0.3) is 0 Å². The minimum Gasteiger partial charge on any atom is -0.369 e. The maximum absolute atomic E-state index is 6.68. The Morgan fingerprint density at radius 1 is 1.21 bits per heavy atom. The van der Waals surface area contributed by atoms with Crippen LogP contribution in [0.1, 0.15) is 65.7 Å². The van der Waals surface area contributed by atoms with Crippen molar-refractivity contribution in [3.05, 3.63) is 0 Å². The quantitative estimate of drug-likeness (QED) is 0.821. The molecule has 2 heteroatoms. The standard InChI is InChI=1S/C17H31NO/c1-13-9-16(2,3)11-17(13)12-18-10-15(19-17)8-14-6-4-5-7-14/h13-15,18H,4-12H2,1-3H3. The fourth-order valence-electron chi connectivity index (χ4n) is 5.08. The van der Waals surface area contributed by atoms with E-state index in [-0.39, 0.29) is 5.60 Å². The molecule has 0 aromatic rings. The minimum atomic E-state index is 0.130.